The Balaban J connectivity index is 1.74. The van der Waals surface area contributed by atoms with Crippen LogP contribution in [0.3, 0.4) is 0 Å². The first-order valence-electron chi connectivity index (χ1n) is 12.5. The van der Waals surface area contributed by atoms with Crippen LogP contribution in [-0.4, -0.2) is 15.7 Å². The van der Waals surface area contributed by atoms with Crippen molar-refractivity contribution in [2.75, 3.05) is 0 Å². The lowest BCUT2D eigenvalue weighted by Gasteiger charge is -2.16. The van der Waals surface area contributed by atoms with Gasteiger partial charge in [-0.1, -0.05) is 43.7 Å². The van der Waals surface area contributed by atoms with E-state index in [4.69, 9.17) is 9.72 Å². The molecule has 188 valence electrons. The smallest absolute Gasteiger partial charge is 0.261 e. The molecule has 5 nitrogen and oxygen atoms in total. The molecule has 0 radical (unpaired) electrons. The molecule has 0 aliphatic heterocycles. The number of benzene rings is 3. The minimum atomic E-state index is -0.432. The van der Waals surface area contributed by atoms with Gasteiger partial charge in [0.2, 0.25) is 0 Å². The lowest BCUT2D eigenvalue weighted by Crippen LogP contribution is -2.28. The van der Waals surface area contributed by atoms with Crippen LogP contribution in [0, 0.1) is 24.1 Å². The standard InChI is InChI=1S/C31H30FN3O2/c1-5-8-30-28(17-22-11-16-27(29(32)18-22)26-10-7-6-9-23(26)19-33)31(36)35(21(4)34-30)24-12-14-25(15-13-24)37-20(2)3/h6-7,9-16,18,20H,5,8,17H2,1-4H3. The van der Waals surface area contributed by atoms with Gasteiger partial charge in [0.25, 0.3) is 5.56 Å². The Labute approximate surface area is 216 Å². The summed E-state index contributed by atoms with van der Waals surface area (Å²) in [6.45, 7) is 7.79. The Morgan fingerprint density at radius 1 is 1.05 bits per heavy atom. The Hall–Kier alpha value is -4.24. The van der Waals surface area contributed by atoms with Crippen LogP contribution in [0.5, 0.6) is 5.75 Å². The van der Waals surface area contributed by atoms with E-state index in [-0.39, 0.29) is 18.1 Å². The molecule has 4 rings (SSSR count). The van der Waals surface area contributed by atoms with Gasteiger partial charge in [0.15, 0.2) is 0 Å². The first-order chi connectivity index (χ1) is 17.8. The summed E-state index contributed by atoms with van der Waals surface area (Å²) in [4.78, 5) is 18.6. The second kappa shape index (κ2) is 11.2. The minimum absolute atomic E-state index is 0.0528. The molecular formula is C31H30FN3O2. The number of halogens is 1. The second-order valence-electron chi connectivity index (χ2n) is 9.28. The molecule has 1 heterocycles. The Bertz CT molecular complexity index is 1520. The van der Waals surface area contributed by atoms with Crippen molar-refractivity contribution in [3.8, 4) is 28.6 Å². The number of hydrogen-bond donors (Lipinski definition) is 0. The van der Waals surface area contributed by atoms with Gasteiger partial charge in [0.1, 0.15) is 17.4 Å². The summed E-state index contributed by atoms with van der Waals surface area (Å²) in [6.07, 6.45) is 1.80. The molecule has 0 atom stereocenters. The van der Waals surface area contributed by atoms with Crippen molar-refractivity contribution in [1.29, 1.82) is 5.26 Å². The summed E-state index contributed by atoms with van der Waals surface area (Å²) in [6, 6.07) is 21.4. The second-order valence-corrected chi connectivity index (χ2v) is 9.28. The van der Waals surface area contributed by atoms with E-state index in [1.54, 1.807) is 34.9 Å². The third-order valence-electron chi connectivity index (χ3n) is 6.14. The molecule has 0 amide bonds. The summed E-state index contributed by atoms with van der Waals surface area (Å²) in [7, 11) is 0. The number of ether oxygens (including phenoxy) is 1. The first-order valence-corrected chi connectivity index (χ1v) is 12.5. The van der Waals surface area contributed by atoms with Crippen LogP contribution in [0.25, 0.3) is 16.8 Å². The van der Waals surface area contributed by atoms with E-state index in [9.17, 15) is 10.1 Å². The third-order valence-corrected chi connectivity index (χ3v) is 6.14. The van der Waals surface area contributed by atoms with Crippen LogP contribution in [-0.2, 0) is 12.8 Å². The number of nitrogens with zero attached hydrogens (tertiary/aromatic N) is 3. The maximum atomic E-state index is 15.2. The van der Waals surface area contributed by atoms with Crippen molar-refractivity contribution in [3.63, 3.8) is 0 Å². The van der Waals surface area contributed by atoms with E-state index >= 15 is 4.39 Å². The van der Waals surface area contributed by atoms with Crippen molar-refractivity contribution < 1.29 is 9.13 Å². The van der Waals surface area contributed by atoms with Crippen LogP contribution in [0.15, 0.2) is 71.5 Å². The lowest BCUT2D eigenvalue weighted by molar-refractivity contribution is 0.242. The molecule has 0 unspecified atom stereocenters. The van der Waals surface area contributed by atoms with Gasteiger partial charge in [-0.15, -0.1) is 0 Å². The van der Waals surface area contributed by atoms with Gasteiger partial charge in [-0.3, -0.25) is 9.36 Å². The molecule has 1 aromatic heterocycles. The summed E-state index contributed by atoms with van der Waals surface area (Å²) >= 11 is 0. The average molecular weight is 496 g/mol. The Morgan fingerprint density at radius 3 is 2.43 bits per heavy atom. The Kier molecular flexibility index (Phi) is 7.83. The van der Waals surface area contributed by atoms with Gasteiger partial charge in [0.05, 0.1) is 29.1 Å². The molecule has 0 bridgehead atoms. The number of rotatable bonds is 8. The number of aryl methyl sites for hydroxylation is 2. The van der Waals surface area contributed by atoms with E-state index < -0.39 is 5.82 Å². The van der Waals surface area contributed by atoms with E-state index in [2.05, 4.69) is 6.07 Å². The van der Waals surface area contributed by atoms with Gasteiger partial charge in [-0.25, -0.2) is 9.37 Å². The highest BCUT2D eigenvalue weighted by atomic mass is 19.1. The molecule has 0 saturated carbocycles. The fourth-order valence-corrected chi connectivity index (χ4v) is 4.50. The normalized spacial score (nSPS) is 10.9. The third kappa shape index (κ3) is 5.62. The molecule has 3 aromatic carbocycles. The largest absolute Gasteiger partial charge is 0.491 e. The number of aromatic nitrogens is 2. The maximum absolute atomic E-state index is 15.2. The minimum Gasteiger partial charge on any atom is -0.491 e. The van der Waals surface area contributed by atoms with Gasteiger partial charge in [-0.05, 0) is 69.2 Å². The number of hydrogen-bond acceptors (Lipinski definition) is 4. The summed E-state index contributed by atoms with van der Waals surface area (Å²) in [5, 5.41) is 9.40. The first kappa shape index (κ1) is 25.8. The lowest BCUT2D eigenvalue weighted by atomic mass is 9.96. The fourth-order valence-electron chi connectivity index (χ4n) is 4.50. The zero-order chi connectivity index (χ0) is 26.5. The summed E-state index contributed by atoms with van der Waals surface area (Å²) in [5.41, 5.74) is 3.82. The molecular weight excluding hydrogens is 465 g/mol. The van der Waals surface area contributed by atoms with Crippen LogP contribution in [0.4, 0.5) is 4.39 Å². The van der Waals surface area contributed by atoms with Gasteiger partial charge in [0, 0.05) is 23.1 Å². The van der Waals surface area contributed by atoms with Crippen molar-refractivity contribution >= 4 is 0 Å². The fraction of sp³-hybridized carbons (Fsp3) is 0.258. The topological polar surface area (TPSA) is 67.9 Å². The van der Waals surface area contributed by atoms with Gasteiger partial charge < -0.3 is 4.74 Å². The van der Waals surface area contributed by atoms with Crippen LogP contribution in [0.1, 0.15) is 55.4 Å². The zero-order valence-electron chi connectivity index (χ0n) is 21.6. The van der Waals surface area contributed by atoms with Gasteiger partial charge in [-0.2, -0.15) is 5.26 Å². The summed E-state index contributed by atoms with van der Waals surface area (Å²) in [5.74, 6) is 0.900. The highest BCUT2D eigenvalue weighted by Gasteiger charge is 2.18. The van der Waals surface area contributed by atoms with Crippen LogP contribution in [0.2, 0.25) is 0 Å². The predicted octanol–water partition coefficient (Wildman–Crippen LogP) is 6.55. The van der Waals surface area contributed by atoms with E-state index in [0.29, 0.717) is 45.7 Å². The highest BCUT2D eigenvalue weighted by Crippen LogP contribution is 2.27. The molecule has 0 saturated heterocycles. The monoisotopic (exact) mass is 495 g/mol. The molecule has 6 heteroatoms. The Morgan fingerprint density at radius 2 is 1.78 bits per heavy atom. The van der Waals surface area contributed by atoms with Crippen LogP contribution >= 0.6 is 0 Å². The van der Waals surface area contributed by atoms with Crippen molar-refractivity contribution in [2.45, 2.75) is 53.1 Å². The van der Waals surface area contributed by atoms with Crippen molar-refractivity contribution in [3.05, 3.63) is 111 Å². The summed E-state index contributed by atoms with van der Waals surface area (Å²) < 4.78 is 22.5. The quantitative estimate of drug-likeness (QED) is 0.278. The maximum Gasteiger partial charge on any atom is 0.261 e. The molecule has 0 aliphatic rings. The predicted molar refractivity (Wildman–Crippen MR) is 144 cm³/mol. The number of nitriles is 1. The van der Waals surface area contributed by atoms with Crippen molar-refractivity contribution in [1.82, 2.24) is 9.55 Å². The SMILES string of the molecule is CCCc1nc(C)n(-c2ccc(OC(C)C)cc2)c(=O)c1Cc1ccc(-c2ccccc2C#N)c(F)c1. The van der Waals surface area contributed by atoms with E-state index in [1.165, 1.54) is 6.07 Å². The van der Waals surface area contributed by atoms with Gasteiger partial charge >= 0.3 is 0 Å². The average Bonchev–Trinajstić information content (AvgIpc) is 2.87. The molecule has 4 aromatic rings. The molecule has 37 heavy (non-hydrogen) atoms. The van der Waals surface area contributed by atoms with Crippen LogP contribution < -0.4 is 10.3 Å². The van der Waals surface area contributed by atoms with Crippen molar-refractivity contribution in [2.24, 2.45) is 0 Å². The molecule has 0 spiro atoms. The highest BCUT2D eigenvalue weighted by molar-refractivity contribution is 5.71. The zero-order valence-corrected chi connectivity index (χ0v) is 21.6. The van der Waals surface area contributed by atoms with E-state index in [0.717, 1.165) is 17.9 Å². The molecule has 0 fully saturated rings. The molecule has 0 aliphatic carbocycles. The molecule has 0 N–H and O–H groups in total. The van der Waals surface area contributed by atoms with E-state index in [1.807, 2.05) is 58.0 Å².